The van der Waals surface area contributed by atoms with Gasteiger partial charge in [-0.2, -0.15) is 0 Å². The summed E-state index contributed by atoms with van der Waals surface area (Å²) in [6.45, 7) is 0.581. The van der Waals surface area contributed by atoms with Gasteiger partial charge in [-0.05, 0) is 6.07 Å². The number of hydrogen-bond acceptors (Lipinski definition) is 9. The summed E-state index contributed by atoms with van der Waals surface area (Å²) in [5.41, 5.74) is 12.3. The molecule has 3 rings (SSSR count). The number of amides is 1. The Morgan fingerprint density at radius 3 is 2.93 bits per heavy atom. The highest BCUT2D eigenvalue weighted by atomic mass is 31.2. The molecule has 3 aromatic heterocycles. The Labute approximate surface area is 165 Å². The van der Waals surface area contributed by atoms with Crippen molar-refractivity contribution in [2.24, 2.45) is 5.73 Å². The Bertz CT molecular complexity index is 1060. The van der Waals surface area contributed by atoms with Crippen LogP contribution in [0.1, 0.15) is 10.4 Å². The normalized spacial score (nSPS) is 13.4. The maximum absolute atomic E-state index is 12.0. The topological polar surface area (TPSA) is 175 Å². The summed E-state index contributed by atoms with van der Waals surface area (Å²) in [4.78, 5) is 35.2. The lowest BCUT2D eigenvalue weighted by atomic mass is 10.3. The van der Waals surface area contributed by atoms with E-state index in [9.17, 15) is 14.3 Å². The van der Waals surface area contributed by atoms with E-state index in [1.165, 1.54) is 18.9 Å². The van der Waals surface area contributed by atoms with Gasteiger partial charge in [0, 0.05) is 12.6 Å². The number of nitrogens with zero attached hydrogens (tertiary/aromatic N) is 5. The van der Waals surface area contributed by atoms with Crippen LogP contribution in [0.5, 0.6) is 0 Å². The second-order valence-electron chi connectivity index (χ2n) is 6.05. The molecular weight excluding hydrogens is 401 g/mol. The van der Waals surface area contributed by atoms with Crippen molar-refractivity contribution in [1.82, 2.24) is 19.5 Å². The van der Waals surface area contributed by atoms with Crippen molar-refractivity contribution in [3.05, 3.63) is 42.7 Å². The van der Waals surface area contributed by atoms with Crippen LogP contribution in [-0.4, -0.2) is 45.0 Å². The number of nitrogen functional groups attached to an aromatic ring is 1. The third-order valence-electron chi connectivity index (χ3n) is 3.94. The second kappa shape index (κ2) is 9.05. The van der Waals surface area contributed by atoms with Gasteiger partial charge in [-0.1, -0.05) is 0 Å². The van der Waals surface area contributed by atoms with Gasteiger partial charge in [0.15, 0.2) is 38.0 Å². The third kappa shape index (κ3) is 5.55. The maximum atomic E-state index is 12.0. The van der Waals surface area contributed by atoms with E-state index in [4.69, 9.17) is 20.7 Å². The molecule has 0 aliphatic rings. The number of rotatable bonds is 10. The van der Waals surface area contributed by atoms with Crippen LogP contribution in [0.15, 0.2) is 37.2 Å². The first-order chi connectivity index (χ1) is 13.9. The van der Waals surface area contributed by atoms with Crippen molar-refractivity contribution < 1.29 is 28.1 Å². The number of carbonyl (C=O) groups is 1. The fourth-order valence-electron chi connectivity index (χ4n) is 2.53. The quantitative estimate of drug-likeness (QED) is 0.237. The number of hydrogen-bond donors (Lipinski definition) is 2. The summed E-state index contributed by atoms with van der Waals surface area (Å²) < 4.78 is 25.4. The molecule has 1 unspecified atom stereocenters. The van der Waals surface area contributed by atoms with Crippen LogP contribution in [0.2, 0.25) is 0 Å². The molecular formula is C16H20N7O5P. The molecule has 0 aliphatic carbocycles. The lowest BCUT2D eigenvalue weighted by Gasteiger charge is -2.22. The fraction of sp³-hybridized carbons (Fsp3) is 0.312. The number of primary amides is 1. The smallest absolute Gasteiger partial charge is 0.254 e. The molecule has 0 spiro atoms. The van der Waals surface area contributed by atoms with Crippen molar-refractivity contribution in [2.75, 3.05) is 25.3 Å². The van der Waals surface area contributed by atoms with Gasteiger partial charge in [0.05, 0.1) is 12.9 Å². The summed E-state index contributed by atoms with van der Waals surface area (Å²) in [5.74, 6) is -0.297. The summed E-state index contributed by atoms with van der Waals surface area (Å²) in [5, 5.41) is 0. The maximum Gasteiger partial charge on any atom is 0.254 e. The fourth-order valence-corrected chi connectivity index (χ4v) is 3.32. The van der Waals surface area contributed by atoms with Crippen molar-refractivity contribution in [2.45, 2.75) is 13.1 Å². The Balaban J connectivity index is 1.43. The highest BCUT2D eigenvalue weighted by Crippen LogP contribution is 2.36. The molecule has 13 heteroatoms. The number of imidazole rings is 1. The van der Waals surface area contributed by atoms with E-state index in [0.29, 0.717) is 23.3 Å². The Morgan fingerprint density at radius 2 is 2.14 bits per heavy atom. The first-order valence-electron chi connectivity index (χ1n) is 8.58. The second-order valence-corrected chi connectivity index (χ2v) is 7.78. The number of nitrogens with two attached hydrogens (primary N) is 2. The third-order valence-corrected chi connectivity index (χ3v) is 5.01. The van der Waals surface area contributed by atoms with Gasteiger partial charge in [0.25, 0.3) is 5.91 Å². The molecule has 3 heterocycles. The SMILES string of the molecule is NC(=O)c1ccc[n+](CCOP(=O)([O-])COCCn2cnc3c(N)ncnc32)c1. The summed E-state index contributed by atoms with van der Waals surface area (Å²) in [6, 6.07) is 3.20. The van der Waals surface area contributed by atoms with Crippen molar-refractivity contribution >= 4 is 30.5 Å². The number of fused-ring (bicyclic) bond motifs is 1. The van der Waals surface area contributed by atoms with Crippen LogP contribution in [0.4, 0.5) is 5.82 Å². The number of pyridine rings is 1. The van der Waals surface area contributed by atoms with Crippen LogP contribution in [0.3, 0.4) is 0 Å². The molecule has 1 amide bonds. The highest BCUT2D eigenvalue weighted by Gasteiger charge is 2.13. The zero-order valence-corrected chi connectivity index (χ0v) is 16.3. The summed E-state index contributed by atoms with van der Waals surface area (Å²) in [7, 11) is -4.17. The molecule has 12 nitrogen and oxygen atoms in total. The number of aromatic nitrogens is 5. The Kier molecular flexibility index (Phi) is 6.49. The minimum absolute atomic E-state index is 0.0978. The average Bonchev–Trinajstić information content (AvgIpc) is 3.10. The van der Waals surface area contributed by atoms with E-state index in [1.54, 1.807) is 27.5 Å². The highest BCUT2D eigenvalue weighted by molar-refractivity contribution is 7.51. The molecule has 3 aromatic rings. The minimum Gasteiger partial charge on any atom is -0.777 e. The molecule has 154 valence electrons. The average molecular weight is 421 g/mol. The molecule has 4 N–H and O–H groups in total. The zero-order chi connectivity index (χ0) is 20.9. The van der Waals surface area contributed by atoms with Gasteiger partial charge in [-0.25, -0.2) is 19.5 Å². The molecule has 29 heavy (non-hydrogen) atoms. The van der Waals surface area contributed by atoms with Crippen molar-refractivity contribution in [3.63, 3.8) is 0 Å². The van der Waals surface area contributed by atoms with Crippen LogP contribution in [-0.2, 0) is 26.9 Å². The van der Waals surface area contributed by atoms with Crippen molar-refractivity contribution in [3.8, 4) is 0 Å². The van der Waals surface area contributed by atoms with Gasteiger partial charge in [-0.15, -0.1) is 0 Å². The molecule has 0 saturated heterocycles. The van der Waals surface area contributed by atoms with E-state index >= 15 is 0 Å². The van der Waals surface area contributed by atoms with Crippen LogP contribution in [0, 0.1) is 0 Å². The standard InChI is InChI=1S/C16H20N7O5P/c17-14-13-16(20-9-19-14)23(10-21-13)5-6-27-11-29(25,26)28-7-4-22-3-1-2-12(8-22)15(18)24/h1-3,8-10H,4-7,11H2,(H4-,17,18,19,20,24,25,26). The molecule has 0 radical (unpaired) electrons. The van der Waals surface area contributed by atoms with E-state index in [1.807, 2.05) is 0 Å². The molecule has 0 fully saturated rings. The Morgan fingerprint density at radius 1 is 1.31 bits per heavy atom. The van der Waals surface area contributed by atoms with Gasteiger partial charge < -0.3 is 34.8 Å². The lowest BCUT2D eigenvalue weighted by molar-refractivity contribution is -0.697. The van der Waals surface area contributed by atoms with Crippen LogP contribution >= 0.6 is 7.60 Å². The molecule has 0 saturated carbocycles. The first-order valence-corrected chi connectivity index (χ1v) is 10.3. The number of carbonyl (C=O) groups excluding carboxylic acids is 1. The van der Waals surface area contributed by atoms with Gasteiger partial charge >= 0.3 is 0 Å². The number of anilines is 1. The predicted octanol–water partition coefficient (Wildman–Crippen LogP) is -0.961. The first kappa shape index (κ1) is 20.8. The van der Waals surface area contributed by atoms with E-state index in [2.05, 4.69) is 15.0 Å². The van der Waals surface area contributed by atoms with E-state index in [0.717, 1.165) is 0 Å². The Hall–Kier alpha value is -2.92. The predicted molar refractivity (Wildman–Crippen MR) is 99.3 cm³/mol. The van der Waals surface area contributed by atoms with Crippen molar-refractivity contribution in [1.29, 1.82) is 0 Å². The summed E-state index contributed by atoms with van der Waals surface area (Å²) >= 11 is 0. The van der Waals surface area contributed by atoms with Gasteiger partial charge in [0.1, 0.15) is 30.4 Å². The van der Waals surface area contributed by atoms with Crippen LogP contribution in [0.25, 0.3) is 11.2 Å². The van der Waals surface area contributed by atoms with E-state index < -0.39 is 19.9 Å². The molecule has 0 bridgehead atoms. The van der Waals surface area contributed by atoms with Gasteiger partial charge in [0.2, 0.25) is 0 Å². The summed E-state index contributed by atoms with van der Waals surface area (Å²) in [6.07, 6.45) is 5.48. The minimum atomic E-state index is -4.17. The zero-order valence-electron chi connectivity index (χ0n) is 15.4. The molecule has 1 atom stereocenters. The van der Waals surface area contributed by atoms with E-state index in [-0.39, 0.29) is 25.6 Å². The van der Waals surface area contributed by atoms with Crippen LogP contribution < -0.4 is 20.9 Å². The molecule has 0 aliphatic heterocycles. The monoisotopic (exact) mass is 421 g/mol. The molecule has 0 aromatic carbocycles. The lowest BCUT2D eigenvalue weighted by Crippen LogP contribution is -2.36. The van der Waals surface area contributed by atoms with Gasteiger partial charge in [-0.3, -0.25) is 4.79 Å². The largest absolute Gasteiger partial charge is 0.777 e. The number of ether oxygens (including phenoxy) is 1.